The number of fused-ring (bicyclic) bond motifs is 4. The Morgan fingerprint density at radius 1 is 0.818 bits per heavy atom. The van der Waals surface area contributed by atoms with Crippen LogP contribution in [0.15, 0.2) is 91.0 Å². The summed E-state index contributed by atoms with van der Waals surface area (Å²) in [7, 11) is -1.37. The Hall–Kier alpha value is -3.26. The van der Waals surface area contributed by atoms with Gasteiger partial charge in [0.05, 0.1) is 26.9 Å². The quantitative estimate of drug-likeness (QED) is 0.342. The van der Waals surface area contributed by atoms with Crippen molar-refractivity contribution in [2.75, 3.05) is 0 Å². The molecule has 0 aromatic heterocycles. The fraction of sp³-hybridized carbons (Fsp3) is 0.207. The van der Waals surface area contributed by atoms with Gasteiger partial charge in [0.25, 0.3) is 0 Å². The zero-order valence-electron chi connectivity index (χ0n) is 19.0. The topological polar surface area (TPSA) is 33.5 Å². The monoisotopic (exact) mass is 450 g/mol. The van der Waals surface area contributed by atoms with Gasteiger partial charge in [-0.2, -0.15) is 0 Å². The molecule has 5 rings (SSSR count). The highest BCUT2D eigenvalue weighted by Crippen LogP contribution is 2.56. The molecule has 4 aromatic rings. The van der Waals surface area contributed by atoms with E-state index in [0.717, 1.165) is 38.6 Å². The van der Waals surface area contributed by atoms with E-state index in [9.17, 15) is 4.21 Å². The molecule has 0 aliphatic heterocycles. The fourth-order valence-electron chi connectivity index (χ4n) is 4.81. The molecule has 0 fully saturated rings. The number of nitrogens with one attached hydrogen (secondary N) is 1. The van der Waals surface area contributed by atoms with Gasteiger partial charge < -0.3 is 0 Å². The van der Waals surface area contributed by atoms with E-state index in [0.29, 0.717) is 0 Å². The Kier molecular flexibility index (Phi) is 5.20. The second-order valence-corrected chi connectivity index (χ2v) is 11.5. The van der Waals surface area contributed by atoms with Crippen molar-refractivity contribution in [1.29, 1.82) is 0 Å². The van der Waals surface area contributed by atoms with Crippen molar-refractivity contribution in [2.24, 2.45) is 0 Å². The molecule has 0 heterocycles. The summed E-state index contributed by atoms with van der Waals surface area (Å²) in [5, 5.41) is 2.24. The SMILES string of the molecule is [C-]#[N+]C1([C@@H](NS(=O)C(C)(C)C)c2ccc3ccccc3c2)c2ccccc2-c2ccccc21. The first-order chi connectivity index (χ1) is 15.9. The van der Waals surface area contributed by atoms with E-state index in [1.54, 1.807) is 0 Å². The predicted molar refractivity (Wildman–Crippen MR) is 137 cm³/mol. The van der Waals surface area contributed by atoms with Gasteiger partial charge in [-0.15, -0.1) is 0 Å². The zero-order chi connectivity index (χ0) is 23.2. The summed E-state index contributed by atoms with van der Waals surface area (Å²) in [4.78, 5) is 4.35. The van der Waals surface area contributed by atoms with Crippen molar-refractivity contribution in [3.8, 4) is 11.1 Å². The number of hydrogen-bond acceptors (Lipinski definition) is 1. The summed E-state index contributed by atoms with van der Waals surface area (Å²) in [6.45, 7) is 14.4. The molecular formula is C29H26N2OS. The van der Waals surface area contributed by atoms with E-state index in [1.807, 2.05) is 69.3 Å². The minimum absolute atomic E-state index is 0.476. The second kappa shape index (κ2) is 7.95. The lowest BCUT2D eigenvalue weighted by Crippen LogP contribution is -2.44. The van der Waals surface area contributed by atoms with Crippen molar-refractivity contribution in [3.63, 3.8) is 0 Å². The first-order valence-electron chi connectivity index (χ1n) is 11.1. The van der Waals surface area contributed by atoms with Crippen LogP contribution in [0.1, 0.15) is 43.5 Å². The van der Waals surface area contributed by atoms with Crippen LogP contribution in [-0.2, 0) is 16.5 Å². The molecule has 0 radical (unpaired) electrons. The molecule has 1 unspecified atom stereocenters. The molecule has 4 aromatic carbocycles. The first kappa shape index (κ1) is 21.6. The molecule has 0 saturated carbocycles. The third-order valence-corrected chi connectivity index (χ3v) is 8.01. The Balaban J connectivity index is 1.80. The lowest BCUT2D eigenvalue weighted by atomic mass is 9.78. The van der Waals surface area contributed by atoms with Crippen LogP contribution in [0.2, 0.25) is 0 Å². The van der Waals surface area contributed by atoms with Crippen LogP contribution in [0.3, 0.4) is 0 Å². The van der Waals surface area contributed by atoms with Gasteiger partial charge in [0, 0.05) is 0 Å². The Morgan fingerprint density at radius 3 is 1.94 bits per heavy atom. The highest BCUT2D eigenvalue weighted by Gasteiger charge is 2.57. The largest absolute Gasteiger partial charge is 0.303 e. The Bertz CT molecular complexity index is 1380. The van der Waals surface area contributed by atoms with Crippen LogP contribution in [0, 0.1) is 6.57 Å². The fourth-order valence-corrected chi connectivity index (χ4v) is 5.68. The third-order valence-electron chi connectivity index (χ3n) is 6.45. The van der Waals surface area contributed by atoms with Gasteiger partial charge in [0.15, 0.2) is 0 Å². The highest BCUT2D eigenvalue weighted by atomic mass is 32.2. The maximum atomic E-state index is 13.4. The number of benzene rings is 4. The van der Waals surface area contributed by atoms with Crippen molar-refractivity contribution in [3.05, 3.63) is 119 Å². The van der Waals surface area contributed by atoms with Crippen molar-refractivity contribution >= 4 is 21.8 Å². The molecular weight excluding hydrogens is 424 g/mol. The molecule has 0 saturated heterocycles. The van der Waals surface area contributed by atoms with Gasteiger partial charge >= 0.3 is 5.54 Å². The summed E-state index contributed by atoms with van der Waals surface area (Å²) >= 11 is 0. The number of rotatable bonds is 4. The summed E-state index contributed by atoms with van der Waals surface area (Å²) in [5.41, 5.74) is 3.97. The van der Waals surface area contributed by atoms with Gasteiger partial charge in [0.1, 0.15) is 6.04 Å². The molecule has 164 valence electrons. The van der Waals surface area contributed by atoms with Crippen LogP contribution in [-0.4, -0.2) is 8.96 Å². The molecule has 1 aliphatic carbocycles. The molecule has 1 aliphatic rings. The van der Waals surface area contributed by atoms with Crippen molar-refractivity contribution in [2.45, 2.75) is 37.1 Å². The summed E-state index contributed by atoms with van der Waals surface area (Å²) in [6.07, 6.45) is 0. The van der Waals surface area contributed by atoms with Gasteiger partial charge in [-0.25, -0.2) is 15.5 Å². The number of nitrogens with zero attached hydrogens (tertiary/aromatic N) is 1. The zero-order valence-corrected chi connectivity index (χ0v) is 19.8. The van der Waals surface area contributed by atoms with E-state index >= 15 is 0 Å². The lowest BCUT2D eigenvalue weighted by molar-refractivity contribution is 0.474. The minimum Gasteiger partial charge on any atom is -0.298 e. The molecule has 4 heteroatoms. The molecule has 0 bridgehead atoms. The summed E-state index contributed by atoms with van der Waals surface area (Å²) in [6, 6.07) is 30.3. The maximum Gasteiger partial charge on any atom is 0.303 e. The minimum atomic E-state index is -1.37. The molecule has 2 atom stereocenters. The summed E-state index contributed by atoms with van der Waals surface area (Å²) in [5.74, 6) is 0. The Labute approximate surface area is 197 Å². The van der Waals surface area contributed by atoms with Crippen LogP contribution >= 0.6 is 0 Å². The van der Waals surface area contributed by atoms with E-state index < -0.39 is 27.3 Å². The van der Waals surface area contributed by atoms with Crippen molar-refractivity contribution < 1.29 is 4.21 Å². The predicted octanol–water partition coefficient (Wildman–Crippen LogP) is 6.78. The van der Waals surface area contributed by atoms with Gasteiger partial charge in [-0.1, -0.05) is 72.8 Å². The average Bonchev–Trinajstić information content (AvgIpc) is 3.12. The molecule has 0 spiro atoms. The van der Waals surface area contributed by atoms with E-state index in [4.69, 9.17) is 6.57 Å². The highest BCUT2D eigenvalue weighted by molar-refractivity contribution is 7.84. The van der Waals surface area contributed by atoms with Crippen LogP contribution in [0.25, 0.3) is 26.7 Å². The summed E-state index contributed by atoms with van der Waals surface area (Å²) < 4.78 is 16.4. The molecule has 33 heavy (non-hydrogen) atoms. The smallest absolute Gasteiger partial charge is 0.298 e. The number of hydrogen-bond donors (Lipinski definition) is 1. The van der Waals surface area contributed by atoms with Gasteiger partial charge in [-0.3, -0.25) is 4.85 Å². The van der Waals surface area contributed by atoms with E-state index in [2.05, 4.69) is 52.0 Å². The van der Waals surface area contributed by atoms with Crippen LogP contribution < -0.4 is 4.72 Å². The molecule has 3 nitrogen and oxygen atoms in total. The van der Waals surface area contributed by atoms with Gasteiger partial charge in [-0.05, 0) is 66.4 Å². The molecule has 1 N–H and O–H groups in total. The lowest BCUT2D eigenvalue weighted by Gasteiger charge is -2.32. The van der Waals surface area contributed by atoms with Crippen LogP contribution in [0.5, 0.6) is 0 Å². The van der Waals surface area contributed by atoms with E-state index in [-0.39, 0.29) is 0 Å². The van der Waals surface area contributed by atoms with E-state index in [1.165, 1.54) is 0 Å². The third kappa shape index (κ3) is 3.40. The maximum absolute atomic E-state index is 13.4. The van der Waals surface area contributed by atoms with Crippen LogP contribution in [0.4, 0.5) is 0 Å². The standard InChI is InChI=1S/C29H26N2OS/c1-28(2,3)33(32)31-27(22-18-17-20-11-5-6-12-21(20)19-22)29(30-4)25-15-9-7-13-23(25)24-14-8-10-16-26(24)29/h5-19,27,31H,1-3H3/t27-,33?/m0/s1. The normalized spacial score (nSPS) is 15.9. The Morgan fingerprint density at radius 2 is 1.36 bits per heavy atom. The van der Waals surface area contributed by atoms with Crippen molar-refractivity contribution in [1.82, 2.24) is 4.72 Å². The van der Waals surface area contributed by atoms with Gasteiger partial charge in [0.2, 0.25) is 0 Å². The average molecular weight is 451 g/mol. The molecule has 0 amide bonds. The second-order valence-electron chi connectivity index (χ2n) is 9.51. The first-order valence-corrected chi connectivity index (χ1v) is 12.3.